The fraction of sp³-hybridized carbons (Fsp3) is 0.125. The molecule has 0 aliphatic rings. The molecule has 0 aliphatic heterocycles. The Kier molecular flexibility index (Phi) is 2.66. The van der Waals surface area contributed by atoms with Crippen LogP contribution in [0.25, 0.3) is 0 Å². The monoisotopic (exact) mass is 197 g/mol. The molecule has 2 N–H and O–H groups in total. The molecule has 0 saturated carbocycles. The maximum absolute atomic E-state index is 10.6. The number of hydrogen-bond acceptors (Lipinski definition) is 5. The molecule has 6 heteroatoms. The van der Waals surface area contributed by atoms with Crippen LogP contribution in [-0.4, -0.2) is 23.3 Å². The molecule has 0 heterocycles. The smallest absolute Gasteiger partial charge is 0.335 e. The summed E-state index contributed by atoms with van der Waals surface area (Å²) in [4.78, 5) is 20.8. The molecule has 0 aliphatic carbocycles. The van der Waals surface area contributed by atoms with Crippen molar-refractivity contribution >= 4 is 11.7 Å². The molecule has 1 rings (SSSR count). The number of aromatic carboxylic acids is 1. The van der Waals surface area contributed by atoms with Crippen LogP contribution >= 0.6 is 0 Å². The lowest BCUT2D eigenvalue weighted by molar-refractivity contribution is 0.0696. The van der Waals surface area contributed by atoms with Crippen LogP contribution in [0.1, 0.15) is 10.4 Å². The minimum atomic E-state index is -1.23. The van der Waals surface area contributed by atoms with Crippen molar-refractivity contribution in [1.82, 2.24) is 0 Å². The second-order valence-corrected chi connectivity index (χ2v) is 2.44. The number of nitroso groups, excluding NO2 is 1. The molecule has 1 aromatic carbocycles. The Morgan fingerprint density at radius 2 is 2.14 bits per heavy atom. The van der Waals surface area contributed by atoms with Crippen molar-refractivity contribution in [2.45, 2.75) is 0 Å². The van der Waals surface area contributed by atoms with Crippen LogP contribution in [0.2, 0.25) is 0 Å². The molecule has 0 bridgehead atoms. The Bertz CT molecular complexity index is 388. The van der Waals surface area contributed by atoms with Gasteiger partial charge in [0.15, 0.2) is 17.2 Å². The van der Waals surface area contributed by atoms with E-state index < -0.39 is 11.7 Å². The third kappa shape index (κ3) is 1.63. The van der Waals surface area contributed by atoms with Crippen LogP contribution in [0.5, 0.6) is 11.5 Å². The first-order valence-corrected chi connectivity index (χ1v) is 3.57. The first-order valence-electron chi connectivity index (χ1n) is 3.57. The van der Waals surface area contributed by atoms with Gasteiger partial charge in [-0.15, -0.1) is 4.91 Å². The number of rotatable bonds is 3. The summed E-state index contributed by atoms with van der Waals surface area (Å²) in [7, 11) is 1.25. The van der Waals surface area contributed by atoms with Crippen LogP contribution < -0.4 is 4.74 Å². The number of methoxy groups -OCH3 is 1. The summed E-state index contributed by atoms with van der Waals surface area (Å²) in [6, 6.07) is 2.07. The Balaban J connectivity index is 3.39. The zero-order chi connectivity index (χ0) is 10.7. The molecular weight excluding hydrogens is 190 g/mol. The van der Waals surface area contributed by atoms with Gasteiger partial charge in [0.2, 0.25) is 0 Å². The minimum absolute atomic E-state index is 0.0977. The topological polar surface area (TPSA) is 96.2 Å². The summed E-state index contributed by atoms with van der Waals surface area (Å²) >= 11 is 0. The van der Waals surface area contributed by atoms with Crippen LogP contribution in [0, 0.1) is 4.91 Å². The van der Waals surface area contributed by atoms with Crippen molar-refractivity contribution in [1.29, 1.82) is 0 Å². The van der Waals surface area contributed by atoms with Crippen LogP contribution in [0.3, 0.4) is 0 Å². The number of hydrogen-bond donors (Lipinski definition) is 2. The van der Waals surface area contributed by atoms with Gasteiger partial charge in [-0.25, -0.2) is 4.79 Å². The quantitative estimate of drug-likeness (QED) is 0.715. The van der Waals surface area contributed by atoms with E-state index in [1.165, 1.54) is 7.11 Å². The number of carboxylic acids is 1. The average molecular weight is 197 g/mol. The molecule has 14 heavy (non-hydrogen) atoms. The van der Waals surface area contributed by atoms with E-state index in [1.807, 2.05) is 0 Å². The summed E-state index contributed by atoms with van der Waals surface area (Å²) < 4.78 is 4.67. The predicted molar refractivity (Wildman–Crippen MR) is 47.1 cm³/mol. The van der Waals surface area contributed by atoms with E-state index in [1.54, 1.807) is 0 Å². The SMILES string of the molecule is COc1cc(C(=O)O)cc(N=O)c1O. The maximum Gasteiger partial charge on any atom is 0.335 e. The molecule has 0 spiro atoms. The summed E-state index contributed by atoms with van der Waals surface area (Å²) in [5.41, 5.74) is -0.531. The minimum Gasteiger partial charge on any atom is -0.503 e. The van der Waals surface area contributed by atoms with E-state index in [4.69, 9.17) is 5.11 Å². The molecule has 0 unspecified atom stereocenters. The molecule has 0 aromatic heterocycles. The fourth-order valence-corrected chi connectivity index (χ4v) is 0.942. The highest BCUT2D eigenvalue weighted by Gasteiger charge is 2.14. The average Bonchev–Trinajstić information content (AvgIpc) is 2.17. The van der Waals surface area contributed by atoms with Crippen molar-refractivity contribution in [3.63, 3.8) is 0 Å². The number of carboxylic acid groups (broad SMARTS) is 1. The largest absolute Gasteiger partial charge is 0.503 e. The fourth-order valence-electron chi connectivity index (χ4n) is 0.942. The molecular formula is C8H7NO5. The number of nitrogens with zero attached hydrogens (tertiary/aromatic N) is 1. The van der Waals surface area contributed by atoms with Gasteiger partial charge < -0.3 is 14.9 Å². The van der Waals surface area contributed by atoms with Gasteiger partial charge in [0.25, 0.3) is 0 Å². The van der Waals surface area contributed by atoms with E-state index in [2.05, 4.69) is 9.91 Å². The van der Waals surface area contributed by atoms with E-state index in [-0.39, 0.29) is 17.0 Å². The van der Waals surface area contributed by atoms with E-state index in [0.29, 0.717) is 0 Å². The van der Waals surface area contributed by atoms with Crippen molar-refractivity contribution < 1.29 is 19.7 Å². The van der Waals surface area contributed by atoms with Gasteiger partial charge >= 0.3 is 5.97 Å². The molecule has 0 radical (unpaired) electrons. The van der Waals surface area contributed by atoms with Crippen LogP contribution in [0.4, 0.5) is 5.69 Å². The molecule has 74 valence electrons. The van der Waals surface area contributed by atoms with Crippen LogP contribution in [0.15, 0.2) is 17.3 Å². The van der Waals surface area contributed by atoms with Gasteiger partial charge in [0.05, 0.1) is 12.7 Å². The van der Waals surface area contributed by atoms with Crippen molar-refractivity contribution in [2.24, 2.45) is 5.18 Å². The molecule has 0 saturated heterocycles. The lowest BCUT2D eigenvalue weighted by Gasteiger charge is -2.05. The predicted octanol–water partition coefficient (Wildman–Crippen LogP) is 1.50. The number of carbonyl (C=O) groups is 1. The molecule has 6 nitrogen and oxygen atoms in total. The highest BCUT2D eigenvalue weighted by molar-refractivity contribution is 5.90. The van der Waals surface area contributed by atoms with E-state index in [9.17, 15) is 14.8 Å². The van der Waals surface area contributed by atoms with Gasteiger partial charge in [-0.1, -0.05) is 0 Å². The zero-order valence-corrected chi connectivity index (χ0v) is 7.22. The second-order valence-electron chi connectivity index (χ2n) is 2.44. The first-order chi connectivity index (χ1) is 6.60. The second kappa shape index (κ2) is 3.73. The standard InChI is InChI=1S/C8H7NO5/c1-14-6-3-4(8(11)12)2-5(9-13)7(6)10/h2-3,10H,1H3,(H,11,12). The summed E-state index contributed by atoms with van der Waals surface area (Å²) in [5.74, 6) is -1.79. The van der Waals surface area contributed by atoms with E-state index in [0.717, 1.165) is 12.1 Å². The van der Waals surface area contributed by atoms with Gasteiger partial charge in [0.1, 0.15) is 0 Å². The Morgan fingerprint density at radius 1 is 1.50 bits per heavy atom. The summed E-state index contributed by atoms with van der Waals surface area (Å²) in [5, 5.41) is 20.4. The molecule has 0 fully saturated rings. The van der Waals surface area contributed by atoms with Gasteiger partial charge in [-0.3, -0.25) is 0 Å². The number of phenolic OH excluding ortho intramolecular Hbond substituents is 1. The number of aromatic hydroxyl groups is 1. The molecule has 0 atom stereocenters. The molecule has 0 amide bonds. The van der Waals surface area contributed by atoms with Crippen molar-refractivity contribution in [2.75, 3.05) is 7.11 Å². The van der Waals surface area contributed by atoms with E-state index >= 15 is 0 Å². The Labute approximate surface area is 78.7 Å². The summed E-state index contributed by atoms with van der Waals surface area (Å²) in [6.45, 7) is 0. The maximum atomic E-state index is 10.6. The van der Waals surface area contributed by atoms with Crippen molar-refractivity contribution in [3.8, 4) is 11.5 Å². The van der Waals surface area contributed by atoms with Crippen molar-refractivity contribution in [3.05, 3.63) is 22.6 Å². The zero-order valence-electron chi connectivity index (χ0n) is 7.22. The Morgan fingerprint density at radius 3 is 2.57 bits per heavy atom. The van der Waals surface area contributed by atoms with Crippen LogP contribution in [-0.2, 0) is 0 Å². The third-order valence-electron chi connectivity index (χ3n) is 1.62. The highest BCUT2D eigenvalue weighted by atomic mass is 16.5. The van der Waals surface area contributed by atoms with Gasteiger partial charge in [-0.2, -0.15) is 0 Å². The third-order valence-corrected chi connectivity index (χ3v) is 1.62. The van der Waals surface area contributed by atoms with Gasteiger partial charge in [-0.05, 0) is 17.3 Å². The number of phenols is 1. The number of ether oxygens (including phenoxy) is 1. The number of benzene rings is 1. The first kappa shape index (κ1) is 9.97. The normalized spacial score (nSPS) is 9.50. The highest BCUT2D eigenvalue weighted by Crippen LogP contribution is 2.37. The molecule has 1 aromatic rings. The lowest BCUT2D eigenvalue weighted by Crippen LogP contribution is -1.97. The van der Waals surface area contributed by atoms with Gasteiger partial charge in [0, 0.05) is 0 Å². The summed E-state index contributed by atoms with van der Waals surface area (Å²) in [6.07, 6.45) is 0. The Hall–Kier alpha value is -2.11. The lowest BCUT2D eigenvalue weighted by atomic mass is 10.1.